The minimum absolute atomic E-state index is 0.0578. The highest BCUT2D eigenvalue weighted by Gasteiger charge is 2.33. The van der Waals surface area contributed by atoms with Crippen LogP contribution in [0.4, 0.5) is 0 Å². The molecular formula is C12H17BrO2S. The van der Waals surface area contributed by atoms with E-state index in [4.69, 9.17) is 4.74 Å². The Morgan fingerprint density at radius 2 is 2.12 bits per heavy atom. The molecule has 1 aromatic heterocycles. The van der Waals surface area contributed by atoms with Crippen LogP contribution in [0.15, 0.2) is 15.2 Å². The Hall–Kier alpha value is -0.190. The van der Waals surface area contributed by atoms with Gasteiger partial charge < -0.3 is 4.74 Å². The molecule has 1 heterocycles. The third kappa shape index (κ3) is 3.15. The molecule has 0 saturated heterocycles. The van der Waals surface area contributed by atoms with Crippen molar-refractivity contribution in [2.45, 2.75) is 33.8 Å². The van der Waals surface area contributed by atoms with Gasteiger partial charge in [-0.25, -0.2) is 0 Å². The number of Topliss-reactive ketones (excluding diaryl/α,β-unsaturated/α-hetero) is 1. The van der Waals surface area contributed by atoms with E-state index < -0.39 is 0 Å². The van der Waals surface area contributed by atoms with Crippen molar-refractivity contribution in [1.82, 2.24) is 0 Å². The maximum atomic E-state index is 12.3. The second-order valence-corrected chi connectivity index (χ2v) is 6.30. The highest BCUT2D eigenvalue weighted by Crippen LogP contribution is 2.30. The zero-order valence-corrected chi connectivity index (χ0v) is 12.4. The van der Waals surface area contributed by atoms with Gasteiger partial charge in [0.25, 0.3) is 0 Å². The summed E-state index contributed by atoms with van der Waals surface area (Å²) in [7, 11) is 0. The van der Waals surface area contributed by atoms with E-state index in [1.807, 2.05) is 38.5 Å². The molecular weight excluding hydrogens is 288 g/mol. The molecule has 0 bridgehead atoms. The molecule has 0 aliphatic carbocycles. The average Bonchev–Trinajstić information content (AvgIpc) is 2.58. The van der Waals surface area contributed by atoms with E-state index in [1.165, 1.54) is 11.3 Å². The van der Waals surface area contributed by atoms with E-state index >= 15 is 0 Å². The number of thiophene rings is 1. The molecule has 1 unspecified atom stereocenters. The number of rotatable bonds is 4. The summed E-state index contributed by atoms with van der Waals surface area (Å²) in [6, 6.07) is 0. The predicted octanol–water partition coefficient (Wildman–Crippen LogP) is 4.14. The molecule has 4 heteroatoms. The minimum atomic E-state index is -0.386. The fraction of sp³-hybridized carbons (Fsp3) is 0.583. The molecule has 0 N–H and O–H groups in total. The third-order valence-corrected chi connectivity index (χ3v) is 3.94. The lowest BCUT2D eigenvalue weighted by molar-refractivity contribution is -0.000239. The minimum Gasteiger partial charge on any atom is -0.370 e. The molecule has 0 fully saturated rings. The summed E-state index contributed by atoms with van der Waals surface area (Å²) in [6.45, 7) is 8.52. The van der Waals surface area contributed by atoms with E-state index in [-0.39, 0.29) is 17.3 Å². The maximum Gasteiger partial charge on any atom is 0.194 e. The molecule has 90 valence electrons. The molecule has 0 spiro atoms. The first-order chi connectivity index (χ1) is 7.38. The molecule has 0 aliphatic rings. The van der Waals surface area contributed by atoms with Crippen LogP contribution in [0, 0.1) is 5.41 Å². The quantitative estimate of drug-likeness (QED) is 0.781. The van der Waals surface area contributed by atoms with Gasteiger partial charge >= 0.3 is 0 Å². The van der Waals surface area contributed by atoms with Crippen LogP contribution in [0.3, 0.4) is 0 Å². The smallest absolute Gasteiger partial charge is 0.194 e. The monoisotopic (exact) mass is 304 g/mol. The Bertz CT molecular complexity index is 365. The highest BCUT2D eigenvalue weighted by atomic mass is 79.9. The highest BCUT2D eigenvalue weighted by molar-refractivity contribution is 9.10. The number of ether oxygens (including phenoxy) is 1. The number of carbonyl (C=O) groups is 1. The van der Waals surface area contributed by atoms with Crippen molar-refractivity contribution in [3.8, 4) is 0 Å². The van der Waals surface area contributed by atoms with E-state index in [2.05, 4.69) is 15.9 Å². The van der Waals surface area contributed by atoms with Gasteiger partial charge in [0.1, 0.15) is 6.10 Å². The Kier molecular flexibility index (Phi) is 4.71. The van der Waals surface area contributed by atoms with Crippen molar-refractivity contribution in [1.29, 1.82) is 0 Å². The van der Waals surface area contributed by atoms with E-state index in [1.54, 1.807) is 0 Å². The normalized spacial score (nSPS) is 13.8. The van der Waals surface area contributed by atoms with Crippen LogP contribution >= 0.6 is 27.3 Å². The first-order valence-corrected chi connectivity index (χ1v) is 6.99. The summed E-state index contributed by atoms with van der Waals surface area (Å²) in [5.74, 6) is 0.0578. The van der Waals surface area contributed by atoms with Crippen molar-refractivity contribution in [3.63, 3.8) is 0 Å². The van der Waals surface area contributed by atoms with Crippen molar-refractivity contribution < 1.29 is 9.53 Å². The van der Waals surface area contributed by atoms with Gasteiger partial charge in [0.15, 0.2) is 5.78 Å². The average molecular weight is 305 g/mol. The van der Waals surface area contributed by atoms with E-state index in [0.717, 1.165) is 10.0 Å². The largest absolute Gasteiger partial charge is 0.370 e. The zero-order chi connectivity index (χ0) is 12.3. The van der Waals surface area contributed by atoms with Crippen LogP contribution in [-0.2, 0) is 4.74 Å². The third-order valence-electron chi connectivity index (χ3n) is 2.24. The number of hydrogen-bond acceptors (Lipinski definition) is 3. The van der Waals surface area contributed by atoms with Crippen LogP contribution in [0.1, 0.15) is 38.1 Å². The van der Waals surface area contributed by atoms with Crippen molar-refractivity contribution in [3.05, 3.63) is 20.8 Å². The van der Waals surface area contributed by atoms with Crippen LogP contribution in [-0.4, -0.2) is 18.5 Å². The lowest BCUT2D eigenvalue weighted by atomic mass is 9.85. The molecule has 0 saturated carbocycles. The number of ketones is 1. The van der Waals surface area contributed by atoms with Gasteiger partial charge in [0, 0.05) is 27.4 Å². The van der Waals surface area contributed by atoms with E-state index in [9.17, 15) is 4.79 Å². The summed E-state index contributed by atoms with van der Waals surface area (Å²) >= 11 is 4.90. The number of hydrogen-bond donors (Lipinski definition) is 0. The zero-order valence-electron chi connectivity index (χ0n) is 10.0. The first-order valence-electron chi connectivity index (χ1n) is 5.25. The second kappa shape index (κ2) is 5.43. The fourth-order valence-corrected chi connectivity index (χ4v) is 2.96. The van der Waals surface area contributed by atoms with Gasteiger partial charge in [-0.15, -0.1) is 0 Å². The number of carbonyl (C=O) groups excluding carboxylic acids is 1. The molecule has 16 heavy (non-hydrogen) atoms. The van der Waals surface area contributed by atoms with Crippen molar-refractivity contribution in [2.24, 2.45) is 5.41 Å². The van der Waals surface area contributed by atoms with Gasteiger partial charge in [-0.1, -0.05) is 20.8 Å². The Morgan fingerprint density at radius 1 is 1.50 bits per heavy atom. The molecule has 0 aliphatic heterocycles. The fourth-order valence-electron chi connectivity index (χ4n) is 1.48. The predicted molar refractivity (Wildman–Crippen MR) is 71.2 cm³/mol. The van der Waals surface area contributed by atoms with E-state index in [0.29, 0.717) is 6.61 Å². The topological polar surface area (TPSA) is 26.3 Å². The van der Waals surface area contributed by atoms with Crippen LogP contribution in [0.25, 0.3) is 0 Å². The van der Waals surface area contributed by atoms with Gasteiger partial charge in [-0.2, -0.15) is 11.3 Å². The molecule has 2 nitrogen and oxygen atoms in total. The van der Waals surface area contributed by atoms with Crippen molar-refractivity contribution in [2.75, 3.05) is 6.61 Å². The van der Waals surface area contributed by atoms with Gasteiger partial charge in [-0.05, 0) is 28.3 Å². The standard InChI is InChI=1S/C12H17BrO2S/c1-5-15-11(12(2,3)4)10(14)8-6-16-7-9(8)13/h6-7,11H,5H2,1-4H3. The lowest BCUT2D eigenvalue weighted by Crippen LogP contribution is -2.37. The summed E-state index contributed by atoms with van der Waals surface area (Å²) in [4.78, 5) is 12.3. The maximum absolute atomic E-state index is 12.3. The van der Waals surface area contributed by atoms with Gasteiger partial charge in [0.05, 0.1) is 0 Å². The lowest BCUT2D eigenvalue weighted by Gasteiger charge is -2.28. The Labute approximate surface area is 109 Å². The molecule has 0 aromatic carbocycles. The molecule has 0 amide bonds. The Morgan fingerprint density at radius 3 is 2.50 bits per heavy atom. The molecule has 1 atom stereocenters. The molecule has 1 rings (SSSR count). The molecule has 1 aromatic rings. The van der Waals surface area contributed by atoms with Gasteiger partial charge in [0.2, 0.25) is 0 Å². The first kappa shape index (κ1) is 13.9. The van der Waals surface area contributed by atoms with Crippen LogP contribution in [0.5, 0.6) is 0 Å². The number of halogens is 1. The Balaban J connectivity index is 2.97. The van der Waals surface area contributed by atoms with Gasteiger partial charge in [-0.3, -0.25) is 4.79 Å². The summed E-state index contributed by atoms with van der Waals surface area (Å²) in [5.41, 5.74) is 0.535. The second-order valence-electron chi connectivity index (χ2n) is 4.70. The summed E-state index contributed by atoms with van der Waals surface area (Å²) in [6.07, 6.45) is -0.386. The van der Waals surface area contributed by atoms with Crippen LogP contribution in [0.2, 0.25) is 0 Å². The SMILES string of the molecule is CCOC(C(=O)c1cscc1Br)C(C)(C)C. The summed E-state index contributed by atoms with van der Waals surface area (Å²) in [5, 5.41) is 3.78. The summed E-state index contributed by atoms with van der Waals surface area (Å²) < 4.78 is 6.44. The van der Waals surface area contributed by atoms with Crippen LogP contribution < -0.4 is 0 Å². The van der Waals surface area contributed by atoms with Crippen molar-refractivity contribution >= 4 is 33.0 Å². The molecule has 0 radical (unpaired) electrons.